The van der Waals surface area contributed by atoms with Crippen molar-refractivity contribution < 1.29 is 14.3 Å². The van der Waals surface area contributed by atoms with Crippen LogP contribution in [0.15, 0.2) is 24.3 Å². The van der Waals surface area contributed by atoms with Crippen molar-refractivity contribution in [2.24, 2.45) is 5.73 Å². The number of piperazine rings is 1. The molecular weight excluding hydrogens is 403 g/mol. The number of rotatable bonds is 5. The standard InChI is InChI=1S/C19H28N4O3.2ClH/c1-22-8-10-23(11-9-22)19(25)15-4-2-14(3-5-15)13-21-18(24)17-7-6-16(12-20)26-17;;/h2-5,16-17H,6-13,20H2,1H3,(H,21,24);2*1H/t16-,17+;;/m1../s1. The topological polar surface area (TPSA) is 87.9 Å². The van der Waals surface area contributed by atoms with Gasteiger partial charge in [-0.15, -0.1) is 24.8 Å². The van der Waals surface area contributed by atoms with Crippen molar-refractivity contribution in [1.29, 1.82) is 0 Å². The van der Waals surface area contributed by atoms with Crippen LogP contribution in [0, 0.1) is 0 Å². The Balaban J connectivity index is 0.00000196. The summed E-state index contributed by atoms with van der Waals surface area (Å²) in [5.74, 6) is -0.0283. The van der Waals surface area contributed by atoms with Gasteiger partial charge in [0.25, 0.3) is 5.91 Å². The van der Waals surface area contributed by atoms with E-state index in [-0.39, 0.29) is 42.7 Å². The minimum Gasteiger partial charge on any atom is -0.364 e. The average molecular weight is 433 g/mol. The van der Waals surface area contributed by atoms with E-state index in [1.807, 2.05) is 29.2 Å². The van der Waals surface area contributed by atoms with Crippen molar-refractivity contribution in [3.63, 3.8) is 0 Å². The first-order valence-corrected chi connectivity index (χ1v) is 9.27. The third-order valence-corrected chi connectivity index (χ3v) is 5.12. The fourth-order valence-corrected chi connectivity index (χ4v) is 3.33. The molecule has 2 aliphatic heterocycles. The van der Waals surface area contributed by atoms with Crippen LogP contribution >= 0.6 is 24.8 Å². The Morgan fingerprint density at radius 1 is 1.11 bits per heavy atom. The molecule has 0 unspecified atom stereocenters. The quantitative estimate of drug-likeness (QED) is 0.725. The van der Waals surface area contributed by atoms with E-state index in [1.165, 1.54) is 0 Å². The molecule has 1 aromatic rings. The number of nitrogens with two attached hydrogens (primary N) is 1. The number of nitrogens with one attached hydrogen (secondary N) is 1. The van der Waals surface area contributed by atoms with E-state index < -0.39 is 6.10 Å². The lowest BCUT2D eigenvalue weighted by Gasteiger charge is -2.32. The van der Waals surface area contributed by atoms with Gasteiger partial charge in [-0.05, 0) is 37.6 Å². The zero-order valence-corrected chi connectivity index (χ0v) is 17.8. The predicted octanol–water partition coefficient (Wildman–Crippen LogP) is 1.04. The van der Waals surface area contributed by atoms with Gasteiger partial charge in [-0.2, -0.15) is 0 Å². The number of benzene rings is 1. The Hall–Kier alpha value is -1.38. The Bertz CT molecular complexity index is 637. The van der Waals surface area contributed by atoms with Gasteiger partial charge in [0.05, 0.1) is 6.10 Å². The van der Waals surface area contributed by atoms with Crippen LogP contribution in [0.25, 0.3) is 0 Å². The second kappa shape index (κ2) is 11.6. The van der Waals surface area contributed by atoms with Crippen molar-refractivity contribution in [3.8, 4) is 0 Å². The van der Waals surface area contributed by atoms with Crippen molar-refractivity contribution >= 4 is 36.6 Å². The molecule has 7 nitrogen and oxygen atoms in total. The minimum absolute atomic E-state index is 0. The van der Waals surface area contributed by atoms with E-state index in [0.29, 0.717) is 25.1 Å². The Morgan fingerprint density at radius 3 is 2.32 bits per heavy atom. The summed E-state index contributed by atoms with van der Waals surface area (Å²) in [5, 5.41) is 2.90. The summed E-state index contributed by atoms with van der Waals surface area (Å²) in [6, 6.07) is 7.45. The van der Waals surface area contributed by atoms with Crippen LogP contribution in [0.3, 0.4) is 0 Å². The fourth-order valence-electron chi connectivity index (χ4n) is 3.33. The number of likely N-dealkylation sites (N-methyl/N-ethyl adjacent to an activating group) is 1. The molecule has 0 aliphatic carbocycles. The Morgan fingerprint density at radius 2 is 1.75 bits per heavy atom. The summed E-state index contributed by atoms with van der Waals surface area (Å²) in [5.41, 5.74) is 7.22. The summed E-state index contributed by atoms with van der Waals surface area (Å²) in [4.78, 5) is 28.8. The highest BCUT2D eigenvalue weighted by atomic mass is 35.5. The molecular formula is C19H30Cl2N4O3. The average Bonchev–Trinajstić information content (AvgIpc) is 3.16. The van der Waals surface area contributed by atoms with Crippen LogP contribution in [0.5, 0.6) is 0 Å². The molecule has 3 N–H and O–H groups in total. The number of halogens is 2. The lowest BCUT2D eigenvalue weighted by atomic mass is 10.1. The maximum absolute atomic E-state index is 12.5. The fraction of sp³-hybridized carbons (Fsp3) is 0.579. The summed E-state index contributed by atoms with van der Waals surface area (Å²) in [6.07, 6.45) is 1.14. The highest BCUT2D eigenvalue weighted by Gasteiger charge is 2.29. The first-order valence-electron chi connectivity index (χ1n) is 9.27. The second-order valence-electron chi connectivity index (χ2n) is 7.07. The van der Waals surface area contributed by atoms with Gasteiger partial charge in [0.2, 0.25) is 5.91 Å². The molecule has 28 heavy (non-hydrogen) atoms. The molecule has 2 atom stereocenters. The zero-order valence-electron chi connectivity index (χ0n) is 16.1. The first-order chi connectivity index (χ1) is 12.6. The molecule has 2 amide bonds. The molecule has 1 aromatic carbocycles. The van der Waals surface area contributed by atoms with E-state index in [9.17, 15) is 9.59 Å². The SMILES string of the molecule is CN1CCN(C(=O)c2ccc(CNC(=O)[C@@H]3CC[C@H](CN)O3)cc2)CC1.Cl.Cl. The van der Waals surface area contributed by atoms with Crippen LogP contribution in [-0.2, 0) is 16.1 Å². The summed E-state index contributed by atoms with van der Waals surface area (Å²) < 4.78 is 5.60. The van der Waals surface area contributed by atoms with Crippen LogP contribution in [0.1, 0.15) is 28.8 Å². The van der Waals surface area contributed by atoms with E-state index >= 15 is 0 Å². The predicted molar refractivity (Wildman–Crippen MR) is 113 cm³/mol. The lowest BCUT2D eigenvalue weighted by molar-refractivity contribution is -0.132. The monoisotopic (exact) mass is 432 g/mol. The van der Waals surface area contributed by atoms with E-state index in [4.69, 9.17) is 10.5 Å². The maximum Gasteiger partial charge on any atom is 0.253 e. The number of nitrogens with zero attached hydrogens (tertiary/aromatic N) is 2. The van der Waals surface area contributed by atoms with Gasteiger partial charge < -0.3 is 25.6 Å². The molecule has 2 fully saturated rings. The summed E-state index contributed by atoms with van der Waals surface area (Å²) >= 11 is 0. The molecule has 2 saturated heterocycles. The molecule has 0 radical (unpaired) electrons. The van der Waals surface area contributed by atoms with E-state index in [2.05, 4.69) is 17.3 Å². The molecule has 2 heterocycles. The Kier molecular flexibility index (Phi) is 10.2. The largest absolute Gasteiger partial charge is 0.364 e. The second-order valence-corrected chi connectivity index (χ2v) is 7.07. The van der Waals surface area contributed by atoms with Gasteiger partial charge in [0.15, 0.2) is 0 Å². The van der Waals surface area contributed by atoms with Gasteiger partial charge in [-0.3, -0.25) is 9.59 Å². The van der Waals surface area contributed by atoms with Gasteiger partial charge in [-0.25, -0.2) is 0 Å². The van der Waals surface area contributed by atoms with Crippen LogP contribution in [0.2, 0.25) is 0 Å². The molecule has 9 heteroatoms. The molecule has 2 aliphatic rings. The number of hydrogen-bond acceptors (Lipinski definition) is 5. The molecule has 0 bridgehead atoms. The molecule has 0 saturated carbocycles. The smallest absolute Gasteiger partial charge is 0.253 e. The third kappa shape index (κ3) is 6.32. The number of carbonyl (C=O) groups excluding carboxylic acids is 2. The number of ether oxygens (including phenoxy) is 1. The first kappa shape index (κ1) is 24.7. The van der Waals surface area contributed by atoms with Gasteiger partial charge in [0.1, 0.15) is 6.10 Å². The molecule has 0 spiro atoms. The van der Waals surface area contributed by atoms with Gasteiger partial charge in [-0.1, -0.05) is 12.1 Å². The van der Waals surface area contributed by atoms with Crippen LogP contribution in [-0.4, -0.2) is 73.6 Å². The number of amides is 2. The van der Waals surface area contributed by atoms with Gasteiger partial charge >= 0.3 is 0 Å². The molecule has 3 rings (SSSR count). The van der Waals surface area contributed by atoms with E-state index in [0.717, 1.165) is 38.2 Å². The zero-order chi connectivity index (χ0) is 18.5. The summed E-state index contributed by atoms with van der Waals surface area (Å²) in [7, 11) is 2.07. The molecule has 0 aromatic heterocycles. The summed E-state index contributed by atoms with van der Waals surface area (Å²) in [6.45, 7) is 4.21. The van der Waals surface area contributed by atoms with Crippen molar-refractivity contribution in [3.05, 3.63) is 35.4 Å². The van der Waals surface area contributed by atoms with Crippen molar-refractivity contribution in [2.45, 2.75) is 31.6 Å². The Labute approximate surface area is 178 Å². The molecule has 158 valence electrons. The number of hydrogen-bond donors (Lipinski definition) is 2. The van der Waals surface area contributed by atoms with Crippen molar-refractivity contribution in [1.82, 2.24) is 15.1 Å². The van der Waals surface area contributed by atoms with E-state index in [1.54, 1.807) is 0 Å². The third-order valence-electron chi connectivity index (χ3n) is 5.12. The lowest BCUT2D eigenvalue weighted by Crippen LogP contribution is -2.47. The maximum atomic E-state index is 12.5. The van der Waals surface area contributed by atoms with Crippen molar-refractivity contribution in [2.75, 3.05) is 39.8 Å². The minimum atomic E-state index is -0.401. The normalized spacial score (nSPS) is 22.1. The van der Waals surface area contributed by atoms with Gasteiger partial charge in [0, 0.05) is 44.8 Å². The number of carbonyl (C=O) groups is 2. The van der Waals surface area contributed by atoms with Crippen LogP contribution < -0.4 is 11.1 Å². The van der Waals surface area contributed by atoms with Crippen LogP contribution in [0.4, 0.5) is 0 Å². The highest BCUT2D eigenvalue weighted by Crippen LogP contribution is 2.19. The highest BCUT2D eigenvalue weighted by molar-refractivity contribution is 5.94.